The van der Waals surface area contributed by atoms with Crippen LogP contribution in [0.3, 0.4) is 0 Å². The van der Waals surface area contributed by atoms with Crippen LogP contribution in [0.15, 0.2) is 0 Å². The molecule has 0 spiro atoms. The maximum absolute atomic E-state index is 13.0. The first-order valence-electron chi connectivity index (χ1n) is 18.6. The number of unbranched alkanes of at least 4 members (excludes halogenated alkanes) is 18. The van der Waals surface area contributed by atoms with Crippen molar-refractivity contribution in [3.8, 4) is 0 Å². The van der Waals surface area contributed by atoms with Crippen molar-refractivity contribution in [1.82, 2.24) is 0 Å². The molecule has 2 atom stereocenters. The highest BCUT2D eigenvalue weighted by molar-refractivity contribution is 5.93. The summed E-state index contributed by atoms with van der Waals surface area (Å²) in [6.07, 6.45) is 19.4. The first-order valence-corrected chi connectivity index (χ1v) is 18.6. The van der Waals surface area contributed by atoms with Gasteiger partial charge in [0, 0.05) is 13.2 Å². The lowest BCUT2D eigenvalue weighted by molar-refractivity contribution is -0.207. The maximum atomic E-state index is 13.0. The molecule has 0 aromatic rings. The van der Waals surface area contributed by atoms with Crippen molar-refractivity contribution in [1.29, 1.82) is 0 Å². The van der Waals surface area contributed by atoms with Gasteiger partial charge >= 0.3 is 17.9 Å². The molecular formula is C37H72O8. The normalized spacial score (nSPS) is 13.5. The van der Waals surface area contributed by atoms with Gasteiger partial charge in [0.1, 0.15) is 5.41 Å². The van der Waals surface area contributed by atoms with Crippen LogP contribution in [0.4, 0.5) is 0 Å². The molecule has 0 aromatic carbocycles. The SMILES string of the molecule is CCCCCCCCCC(C(=O)O)C(O)(C(=O)O)C(CCCCCCCCC)(CCCCCCCCC)C(=O)O.CCOCC. The highest BCUT2D eigenvalue weighted by atomic mass is 16.5. The molecule has 0 saturated carbocycles. The molecule has 0 heterocycles. The summed E-state index contributed by atoms with van der Waals surface area (Å²) in [5.74, 6) is -6.22. The maximum Gasteiger partial charge on any atom is 0.337 e. The summed E-state index contributed by atoms with van der Waals surface area (Å²) in [4.78, 5) is 38.2. The number of hydrogen-bond acceptors (Lipinski definition) is 5. The molecule has 0 aliphatic heterocycles. The monoisotopic (exact) mass is 645 g/mol. The number of carbonyl (C=O) groups is 3. The van der Waals surface area contributed by atoms with E-state index in [0.29, 0.717) is 19.3 Å². The van der Waals surface area contributed by atoms with Crippen LogP contribution in [0.5, 0.6) is 0 Å². The summed E-state index contributed by atoms with van der Waals surface area (Å²) in [5.41, 5.74) is -4.92. The fraction of sp³-hybridized carbons (Fsp3) is 0.919. The fourth-order valence-corrected chi connectivity index (χ4v) is 6.36. The largest absolute Gasteiger partial charge is 0.481 e. The van der Waals surface area contributed by atoms with Crippen molar-refractivity contribution in [2.24, 2.45) is 11.3 Å². The van der Waals surface area contributed by atoms with E-state index in [1.165, 1.54) is 0 Å². The summed E-state index contributed by atoms with van der Waals surface area (Å²) in [6, 6.07) is 0. The second kappa shape index (κ2) is 29.7. The van der Waals surface area contributed by atoms with Gasteiger partial charge in [-0.3, -0.25) is 9.59 Å². The molecule has 8 heteroatoms. The van der Waals surface area contributed by atoms with Gasteiger partial charge in [0.15, 0.2) is 5.60 Å². The first kappa shape index (κ1) is 45.5. The molecule has 0 fully saturated rings. The van der Waals surface area contributed by atoms with E-state index < -0.39 is 34.8 Å². The van der Waals surface area contributed by atoms with Crippen molar-refractivity contribution in [2.45, 2.75) is 194 Å². The number of rotatable bonds is 31. The number of hydrogen-bond donors (Lipinski definition) is 4. The van der Waals surface area contributed by atoms with Crippen LogP contribution in [0.1, 0.15) is 189 Å². The van der Waals surface area contributed by atoms with Crippen LogP contribution in [-0.4, -0.2) is 57.1 Å². The third-order valence-corrected chi connectivity index (χ3v) is 9.19. The minimum Gasteiger partial charge on any atom is -0.481 e. The zero-order chi connectivity index (χ0) is 34.4. The smallest absolute Gasteiger partial charge is 0.337 e. The Morgan fingerprint density at radius 3 is 1.11 bits per heavy atom. The van der Waals surface area contributed by atoms with Crippen LogP contribution in [0.2, 0.25) is 0 Å². The minimum absolute atomic E-state index is 0.0322. The second-order valence-corrected chi connectivity index (χ2v) is 12.8. The van der Waals surface area contributed by atoms with Crippen molar-refractivity contribution in [3.63, 3.8) is 0 Å². The average molecular weight is 645 g/mol. The molecule has 0 radical (unpaired) electrons. The minimum atomic E-state index is -2.88. The van der Waals surface area contributed by atoms with Crippen LogP contribution < -0.4 is 0 Å². The van der Waals surface area contributed by atoms with Gasteiger partial charge in [-0.1, -0.05) is 156 Å². The molecule has 0 bridgehead atoms. The lowest BCUT2D eigenvalue weighted by atomic mass is 9.59. The molecule has 0 aliphatic carbocycles. The van der Waals surface area contributed by atoms with Crippen molar-refractivity contribution >= 4 is 17.9 Å². The quantitative estimate of drug-likeness (QED) is 0.0546. The number of aliphatic carboxylic acids is 3. The molecule has 8 nitrogen and oxygen atoms in total. The average Bonchev–Trinajstić information content (AvgIpc) is 3.00. The Morgan fingerprint density at radius 2 is 0.844 bits per heavy atom. The summed E-state index contributed by atoms with van der Waals surface area (Å²) >= 11 is 0. The predicted octanol–water partition coefficient (Wildman–Crippen LogP) is 10.0. The Bertz CT molecular complexity index is 705. The Balaban J connectivity index is 0. The summed E-state index contributed by atoms with van der Waals surface area (Å²) in [6.45, 7) is 12.1. The van der Waals surface area contributed by atoms with Crippen molar-refractivity contribution in [2.75, 3.05) is 13.2 Å². The van der Waals surface area contributed by atoms with E-state index in [0.717, 1.165) is 129 Å². The number of carboxylic acids is 3. The van der Waals surface area contributed by atoms with Gasteiger partial charge < -0.3 is 25.2 Å². The van der Waals surface area contributed by atoms with E-state index >= 15 is 0 Å². The zero-order valence-electron chi connectivity index (χ0n) is 29.9. The standard InChI is InChI=1S/C33H62O7.C4H10O/c1-4-7-10-13-16-19-22-25-28(29(34)35)33(40,31(38)39)32(30(36)37,26-23-20-17-14-11-8-5-2)27-24-21-18-15-12-9-6-3;1-3-5-4-2/h28,40H,4-27H2,1-3H3,(H,34,35)(H,36,37)(H,38,39);3-4H2,1-2H3. The molecule has 2 unspecified atom stereocenters. The molecule has 4 N–H and O–H groups in total. The molecule has 0 rings (SSSR count). The second-order valence-electron chi connectivity index (χ2n) is 12.8. The van der Waals surface area contributed by atoms with E-state index in [2.05, 4.69) is 20.8 Å². The van der Waals surface area contributed by atoms with E-state index in [1.807, 2.05) is 13.8 Å². The van der Waals surface area contributed by atoms with Crippen LogP contribution in [-0.2, 0) is 19.1 Å². The number of carboxylic acid groups (broad SMARTS) is 3. The third kappa shape index (κ3) is 18.9. The third-order valence-electron chi connectivity index (χ3n) is 9.19. The summed E-state index contributed by atoms with van der Waals surface area (Å²) < 4.78 is 4.83. The van der Waals surface area contributed by atoms with Crippen LogP contribution in [0, 0.1) is 11.3 Å². The molecular weight excluding hydrogens is 572 g/mol. The highest BCUT2D eigenvalue weighted by Crippen LogP contribution is 2.48. The van der Waals surface area contributed by atoms with Gasteiger partial charge in [-0.25, -0.2) is 4.79 Å². The van der Waals surface area contributed by atoms with Crippen molar-refractivity contribution < 1.29 is 39.5 Å². The summed E-state index contributed by atoms with van der Waals surface area (Å²) in [7, 11) is 0. The van der Waals surface area contributed by atoms with Crippen LogP contribution in [0.25, 0.3) is 0 Å². The van der Waals surface area contributed by atoms with Gasteiger partial charge in [-0.15, -0.1) is 0 Å². The van der Waals surface area contributed by atoms with E-state index in [4.69, 9.17) is 4.74 Å². The van der Waals surface area contributed by atoms with E-state index in [9.17, 15) is 34.8 Å². The van der Waals surface area contributed by atoms with Crippen LogP contribution >= 0.6 is 0 Å². The van der Waals surface area contributed by atoms with Gasteiger partial charge in [0.25, 0.3) is 0 Å². The van der Waals surface area contributed by atoms with Gasteiger partial charge in [0.2, 0.25) is 0 Å². The molecule has 45 heavy (non-hydrogen) atoms. The Hall–Kier alpha value is -1.67. The fourth-order valence-electron chi connectivity index (χ4n) is 6.36. The Labute approximate surface area is 276 Å². The lowest BCUT2D eigenvalue weighted by Crippen LogP contribution is -2.64. The molecule has 268 valence electrons. The molecule has 0 aromatic heterocycles. The first-order chi connectivity index (χ1) is 21.6. The van der Waals surface area contributed by atoms with E-state index in [1.54, 1.807) is 0 Å². The van der Waals surface area contributed by atoms with Gasteiger partial charge in [-0.05, 0) is 33.1 Å². The molecule has 0 saturated heterocycles. The zero-order valence-corrected chi connectivity index (χ0v) is 29.9. The number of aliphatic hydroxyl groups is 1. The topological polar surface area (TPSA) is 141 Å². The molecule has 0 amide bonds. The van der Waals surface area contributed by atoms with Gasteiger partial charge in [0.05, 0.1) is 5.92 Å². The Morgan fingerprint density at radius 1 is 0.511 bits per heavy atom. The highest BCUT2D eigenvalue weighted by Gasteiger charge is 2.65. The lowest BCUT2D eigenvalue weighted by Gasteiger charge is -2.45. The molecule has 0 aliphatic rings. The van der Waals surface area contributed by atoms with E-state index in [-0.39, 0.29) is 19.3 Å². The Kier molecular flexibility index (Phi) is 30.0. The number of ether oxygens (including phenoxy) is 1. The van der Waals surface area contributed by atoms with Crippen molar-refractivity contribution in [3.05, 3.63) is 0 Å². The predicted molar refractivity (Wildman–Crippen MR) is 184 cm³/mol. The van der Waals surface area contributed by atoms with Gasteiger partial charge in [-0.2, -0.15) is 0 Å². The summed E-state index contributed by atoms with van der Waals surface area (Å²) in [5, 5.41) is 42.9.